The van der Waals surface area contributed by atoms with Gasteiger partial charge in [0.25, 0.3) is 0 Å². The minimum absolute atomic E-state index is 0.0188. The summed E-state index contributed by atoms with van der Waals surface area (Å²) in [6.07, 6.45) is 3.02. The van der Waals surface area contributed by atoms with Gasteiger partial charge in [0.05, 0.1) is 12.6 Å². The Hall–Kier alpha value is -1.88. The first-order valence-electron chi connectivity index (χ1n) is 7.42. The van der Waals surface area contributed by atoms with Crippen LogP contribution in [0.25, 0.3) is 0 Å². The van der Waals surface area contributed by atoms with E-state index in [-0.39, 0.29) is 18.5 Å². The highest BCUT2D eigenvalue weighted by atomic mass is 16.2. The van der Waals surface area contributed by atoms with E-state index >= 15 is 0 Å². The summed E-state index contributed by atoms with van der Waals surface area (Å²) in [5, 5.41) is 2.44. The van der Waals surface area contributed by atoms with Gasteiger partial charge in [0, 0.05) is 13.6 Å². The summed E-state index contributed by atoms with van der Waals surface area (Å²) in [5.41, 5.74) is 1.13. The van der Waals surface area contributed by atoms with Gasteiger partial charge < -0.3 is 15.1 Å². The molecule has 2 rings (SSSR count). The monoisotopic (exact) mass is 289 g/mol. The van der Waals surface area contributed by atoms with Crippen LogP contribution in [0.3, 0.4) is 0 Å². The van der Waals surface area contributed by atoms with Gasteiger partial charge in [-0.25, -0.2) is 0 Å². The van der Waals surface area contributed by atoms with E-state index in [9.17, 15) is 9.59 Å². The summed E-state index contributed by atoms with van der Waals surface area (Å²) < 4.78 is 0. The molecule has 0 spiro atoms. The molecular formula is C16H23N3O2. The Morgan fingerprint density at radius 1 is 1.33 bits per heavy atom. The molecule has 1 unspecified atom stereocenters. The first-order valence-corrected chi connectivity index (χ1v) is 7.42. The highest BCUT2D eigenvalue weighted by Gasteiger charge is 2.25. The molecule has 0 aromatic heterocycles. The molecule has 5 nitrogen and oxygen atoms in total. The van der Waals surface area contributed by atoms with E-state index in [1.807, 2.05) is 25.2 Å². The first kappa shape index (κ1) is 15.5. The standard InChI is InChI=1S/C16H23N3O2/c1-18(16(21)11-17-13-20)15(12-19-9-5-6-10-19)14-7-3-2-4-8-14/h2-4,7-8,13,15H,5-6,9-12H2,1H3,(H,17,20). The number of likely N-dealkylation sites (tertiary alicyclic amines) is 1. The molecule has 1 aliphatic heterocycles. The van der Waals surface area contributed by atoms with Gasteiger partial charge in [-0.15, -0.1) is 0 Å². The van der Waals surface area contributed by atoms with Crippen molar-refractivity contribution in [1.82, 2.24) is 15.1 Å². The van der Waals surface area contributed by atoms with E-state index in [0.717, 1.165) is 25.2 Å². The van der Waals surface area contributed by atoms with Gasteiger partial charge in [-0.1, -0.05) is 30.3 Å². The smallest absolute Gasteiger partial charge is 0.242 e. The van der Waals surface area contributed by atoms with Gasteiger partial charge in [0.2, 0.25) is 12.3 Å². The minimum atomic E-state index is -0.0739. The summed E-state index contributed by atoms with van der Waals surface area (Å²) in [6.45, 7) is 3.08. The normalized spacial score (nSPS) is 16.4. The lowest BCUT2D eigenvalue weighted by atomic mass is 10.0. The van der Waals surface area contributed by atoms with Gasteiger partial charge >= 0.3 is 0 Å². The predicted molar refractivity (Wildman–Crippen MR) is 81.7 cm³/mol. The molecule has 1 saturated heterocycles. The minimum Gasteiger partial charge on any atom is -0.350 e. The molecular weight excluding hydrogens is 266 g/mol. The summed E-state index contributed by atoms with van der Waals surface area (Å²) in [4.78, 5) is 26.7. The molecule has 1 heterocycles. The molecule has 2 amide bonds. The van der Waals surface area contributed by atoms with Crippen molar-refractivity contribution in [3.05, 3.63) is 35.9 Å². The Morgan fingerprint density at radius 2 is 2.00 bits per heavy atom. The maximum absolute atomic E-state index is 12.2. The molecule has 0 radical (unpaired) electrons. The van der Waals surface area contributed by atoms with E-state index in [1.165, 1.54) is 12.8 Å². The lowest BCUT2D eigenvalue weighted by molar-refractivity contribution is -0.132. The number of carbonyl (C=O) groups excluding carboxylic acids is 2. The second-order valence-electron chi connectivity index (χ2n) is 5.44. The van der Waals surface area contributed by atoms with Crippen LogP contribution in [0.5, 0.6) is 0 Å². The Bertz CT molecular complexity index is 458. The molecule has 114 valence electrons. The quantitative estimate of drug-likeness (QED) is 0.763. The van der Waals surface area contributed by atoms with Crippen molar-refractivity contribution in [2.24, 2.45) is 0 Å². The van der Waals surface area contributed by atoms with Gasteiger partial charge in [-0.05, 0) is 31.5 Å². The fourth-order valence-electron chi connectivity index (χ4n) is 2.76. The zero-order valence-corrected chi connectivity index (χ0v) is 12.5. The number of hydrogen-bond acceptors (Lipinski definition) is 3. The Balaban J connectivity index is 2.10. The SMILES string of the molecule is CN(C(=O)CNC=O)C(CN1CCCC1)c1ccccc1. The number of benzene rings is 1. The molecule has 0 bridgehead atoms. The summed E-state index contributed by atoms with van der Waals surface area (Å²) >= 11 is 0. The highest BCUT2D eigenvalue weighted by Crippen LogP contribution is 2.22. The molecule has 1 aliphatic rings. The van der Waals surface area contributed by atoms with Gasteiger partial charge in [-0.2, -0.15) is 0 Å². The van der Waals surface area contributed by atoms with Gasteiger partial charge in [-0.3, -0.25) is 9.59 Å². The third-order valence-electron chi connectivity index (χ3n) is 4.01. The Morgan fingerprint density at radius 3 is 2.62 bits per heavy atom. The largest absolute Gasteiger partial charge is 0.350 e. The third kappa shape index (κ3) is 4.29. The van der Waals surface area contributed by atoms with Crippen molar-refractivity contribution in [2.75, 3.05) is 33.2 Å². The average molecular weight is 289 g/mol. The van der Waals surface area contributed by atoms with Crippen LogP contribution in [-0.4, -0.2) is 55.3 Å². The number of carbonyl (C=O) groups is 2. The van der Waals surface area contributed by atoms with Crippen LogP contribution in [0.4, 0.5) is 0 Å². The van der Waals surface area contributed by atoms with Crippen LogP contribution in [0.1, 0.15) is 24.4 Å². The second-order valence-corrected chi connectivity index (χ2v) is 5.44. The van der Waals surface area contributed by atoms with Crippen LogP contribution >= 0.6 is 0 Å². The lowest BCUT2D eigenvalue weighted by Crippen LogP contribution is -2.42. The number of rotatable bonds is 7. The number of nitrogens with one attached hydrogen (secondary N) is 1. The highest BCUT2D eigenvalue weighted by molar-refractivity contribution is 5.80. The fourth-order valence-corrected chi connectivity index (χ4v) is 2.76. The summed E-state index contributed by atoms with van der Waals surface area (Å²) in [5.74, 6) is -0.0739. The maximum atomic E-state index is 12.2. The first-order chi connectivity index (χ1) is 10.2. The van der Waals surface area contributed by atoms with E-state index in [0.29, 0.717) is 6.41 Å². The van der Waals surface area contributed by atoms with Crippen LogP contribution in [0.2, 0.25) is 0 Å². The van der Waals surface area contributed by atoms with Crippen LogP contribution in [-0.2, 0) is 9.59 Å². The van der Waals surface area contributed by atoms with E-state index in [1.54, 1.807) is 4.90 Å². The molecule has 1 N–H and O–H groups in total. The number of nitrogens with zero attached hydrogens (tertiary/aromatic N) is 2. The van der Waals surface area contributed by atoms with Crippen molar-refractivity contribution in [2.45, 2.75) is 18.9 Å². The average Bonchev–Trinajstić information content (AvgIpc) is 3.03. The second kappa shape index (κ2) is 7.78. The van der Waals surface area contributed by atoms with E-state index in [4.69, 9.17) is 0 Å². The van der Waals surface area contributed by atoms with Crippen molar-refractivity contribution in [3.63, 3.8) is 0 Å². The molecule has 0 saturated carbocycles. The topological polar surface area (TPSA) is 52.7 Å². The Kier molecular flexibility index (Phi) is 5.75. The van der Waals surface area contributed by atoms with Crippen molar-refractivity contribution < 1.29 is 9.59 Å². The predicted octanol–water partition coefficient (Wildman–Crippen LogP) is 1.03. The van der Waals surface area contributed by atoms with Crippen LogP contribution in [0.15, 0.2) is 30.3 Å². The van der Waals surface area contributed by atoms with Crippen molar-refractivity contribution in [1.29, 1.82) is 0 Å². The Labute approximate surface area is 125 Å². The number of likely N-dealkylation sites (N-methyl/N-ethyl adjacent to an activating group) is 1. The van der Waals surface area contributed by atoms with Gasteiger partial charge in [0.1, 0.15) is 0 Å². The number of hydrogen-bond donors (Lipinski definition) is 1. The fraction of sp³-hybridized carbons (Fsp3) is 0.500. The molecule has 5 heteroatoms. The molecule has 1 fully saturated rings. The molecule has 1 aromatic carbocycles. The zero-order chi connectivity index (χ0) is 15.1. The van der Waals surface area contributed by atoms with Crippen LogP contribution < -0.4 is 5.32 Å². The van der Waals surface area contributed by atoms with E-state index < -0.39 is 0 Å². The third-order valence-corrected chi connectivity index (χ3v) is 4.01. The summed E-state index contributed by atoms with van der Waals surface area (Å²) in [6, 6.07) is 10.1. The molecule has 1 aromatic rings. The molecule has 21 heavy (non-hydrogen) atoms. The van der Waals surface area contributed by atoms with E-state index in [2.05, 4.69) is 22.3 Å². The van der Waals surface area contributed by atoms with Gasteiger partial charge in [0.15, 0.2) is 0 Å². The van der Waals surface area contributed by atoms with Crippen molar-refractivity contribution in [3.8, 4) is 0 Å². The van der Waals surface area contributed by atoms with Crippen molar-refractivity contribution >= 4 is 12.3 Å². The number of amides is 2. The molecule has 0 aliphatic carbocycles. The maximum Gasteiger partial charge on any atom is 0.242 e. The molecule has 1 atom stereocenters. The zero-order valence-electron chi connectivity index (χ0n) is 12.5. The van der Waals surface area contributed by atoms with Crippen LogP contribution in [0, 0.1) is 0 Å². The summed E-state index contributed by atoms with van der Waals surface area (Å²) in [7, 11) is 1.81. The lowest BCUT2D eigenvalue weighted by Gasteiger charge is -2.32.